The number of ether oxygens (including phenoxy) is 1. The Hall–Kier alpha value is -1.95. The van der Waals surface area contributed by atoms with E-state index in [4.69, 9.17) is 22.1 Å². The Balaban J connectivity index is 2.08. The van der Waals surface area contributed by atoms with Crippen molar-refractivity contribution < 1.29 is 4.74 Å². The van der Waals surface area contributed by atoms with Gasteiger partial charge in [0.15, 0.2) is 0 Å². The molecule has 0 aliphatic rings. The van der Waals surface area contributed by atoms with E-state index in [2.05, 4.69) is 11.8 Å². The van der Waals surface area contributed by atoms with Crippen LogP contribution in [0.3, 0.4) is 0 Å². The molecule has 3 heteroatoms. The van der Waals surface area contributed by atoms with E-state index >= 15 is 0 Å². The molecule has 0 bridgehead atoms. The lowest BCUT2D eigenvalue weighted by Gasteiger charge is -2.09. The molecule has 102 valence electrons. The molecule has 2 N–H and O–H groups in total. The molecule has 2 aromatic carbocycles. The summed E-state index contributed by atoms with van der Waals surface area (Å²) in [6.45, 7) is 2.82. The summed E-state index contributed by atoms with van der Waals surface area (Å²) in [6.07, 6.45) is 0. The fourth-order valence-corrected chi connectivity index (χ4v) is 1.98. The Morgan fingerprint density at radius 1 is 1.20 bits per heavy atom. The van der Waals surface area contributed by atoms with E-state index in [1.165, 1.54) is 0 Å². The first-order valence-electron chi connectivity index (χ1n) is 6.36. The molecule has 0 saturated heterocycles. The number of nitrogens with two attached hydrogens (primary N) is 1. The van der Waals surface area contributed by atoms with Crippen LogP contribution >= 0.6 is 11.6 Å². The Morgan fingerprint density at radius 3 is 2.70 bits per heavy atom. The number of rotatable bonds is 3. The molecule has 0 spiro atoms. The molecule has 0 aliphatic carbocycles. The maximum atomic E-state index is 6.09. The van der Waals surface area contributed by atoms with Crippen LogP contribution in [0.5, 0.6) is 5.75 Å². The van der Waals surface area contributed by atoms with Crippen LogP contribution in [-0.4, -0.2) is 6.54 Å². The smallest absolute Gasteiger partial charge is 0.120 e. The lowest BCUT2D eigenvalue weighted by atomic mass is 10.1. The Bertz CT molecular complexity index is 656. The van der Waals surface area contributed by atoms with Crippen molar-refractivity contribution in [2.75, 3.05) is 6.54 Å². The Kier molecular flexibility index (Phi) is 5.06. The van der Waals surface area contributed by atoms with E-state index in [1.54, 1.807) is 0 Å². The van der Waals surface area contributed by atoms with Crippen LogP contribution in [0, 0.1) is 18.8 Å². The lowest BCUT2D eigenvalue weighted by molar-refractivity contribution is 0.306. The third-order valence-corrected chi connectivity index (χ3v) is 3.24. The second kappa shape index (κ2) is 7.00. The lowest BCUT2D eigenvalue weighted by Crippen LogP contribution is -1.97. The van der Waals surface area contributed by atoms with Crippen LogP contribution in [0.15, 0.2) is 42.5 Å². The fraction of sp³-hybridized carbons (Fsp3) is 0.176. The molecule has 2 nitrogen and oxygen atoms in total. The molecule has 0 radical (unpaired) electrons. The molecule has 0 aromatic heterocycles. The van der Waals surface area contributed by atoms with Crippen LogP contribution in [0.2, 0.25) is 5.02 Å². The van der Waals surface area contributed by atoms with Gasteiger partial charge in [0.2, 0.25) is 0 Å². The topological polar surface area (TPSA) is 35.2 Å². The molecule has 0 saturated carbocycles. The predicted octanol–water partition coefficient (Wildman–Crippen LogP) is 3.54. The van der Waals surface area contributed by atoms with Crippen molar-refractivity contribution in [3.8, 4) is 17.6 Å². The molecule has 0 atom stereocenters. The highest BCUT2D eigenvalue weighted by Gasteiger charge is 2.02. The van der Waals surface area contributed by atoms with E-state index in [9.17, 15) is 0 Å². The van der Waals surface area contributed by atoms with Crippen molar-refractivity contribution >= 4 is 11.6 Å². The highest BCUT2D eigenvalue weighted by atomic mass is 35.5. The quantitative estimate of drug-likeness (QED) is 0.876. The Morgan fingerprint density at radius 2 is 2.00 bits per heavy atom. The zero-order valence-electron chi connectivity index (χ0n) is 11.3. The van der Waals surface area contributed by atoms with Gasteiger partial charge < -0.3 is 10.5 Å². The second-order valence-electron chi connectivity index (χ2n) is 4.36. The predicted molar refractivity (Wildman–Crippen MR) is 82.9 cm³/mol. The summed E-state index contributed by atoms with van der Waals surface area (Å²) in [5.74, 6) is 6.69. The highest BCUT2D eigenvalue weighted by Crippen LogP contribution is 2.20. The number of aryl methyl sites for hydroxylation is 1. The minimum atomic E-state index is 0.365. The molecule has 2 rings (SSSR count). The number of hydrogen-bond acceptors (Lipinski definition) is 2. The van der Waals surface area contributed by atoms with Crippen molar-refractivity contribution in [1.82, 2.24) is 0 Å². The third-order valence-electron chi connectivity index (χ3n) is 2.88. The number of hydrogen-bond donors (Lipinski definition) is 1. The van der Waals surface area contributed by atoms with Gasteiger partial charge in [-0.05, 0) is 36.8 Å². The molecule has 0 aliphatic heterocycles. The average Bonchev–Trinajstić information content (AvgIpc) is 2.45. The first-order valence-corrected chi connectivity index (χ1v) is 6.74. The summed E-state index contributed by atoms with van der Waals surface area (Å²) < 4.78 is 5.76. The van der Waals surface area contributed by atoms with Crippen LogP contribution in [0.1, 0.15) is 16.7 Å². The van der Waals surface area contributed by atoms with Crippen LogP contribution in [-0.2, 0) is 6.61 Å². The number of halogens is 1. The van der Waals surface area contributed by atoms with E-state index in [1.807, 2.05) is 49.4 Å². The summed E-state index contributed by atoms with van der Waals surface area (Å²) >= 11 is 6.09. The normalized spacial score (nSPS) is 9.75. The standard InChI is InChI=1S/C17H16ClNO/c1-13-11-16(9-8-14(13)6-4-10-19)20-12-15-5-2-3-7-17(15)18/h2-3,5,7-9,11H,10,12,19H2,1H3. The summed E-state index contributed by atoms with van der Waals surface area (Å²) in [7, 11) is 0. The summed E-state index contributed by atoms with van der Waals surface area (Å²) in [5, 5.41) is 0.717. The largest absolute Gasteiger partial charge is 0.489 e. The van der Waals surface area contributed by atoms with Gasteiger partial charge in [-0.1, -0.05) is 41.6 Å². The minimum absolute atomic E-state index is 0.365. The zero-order chi connectivity index (χ0) is 14.4. The van der Waals surface area contributed by atoms with Crippen molar-refractivity contribution in [2.24, 2.45) is 5.73 Å². The van der Waals surface area contributed by atoms with E-state index in [-0.39, 0.29) is 0 Å². The van der Waals surface area contributed by atoms with Gasteiger partial charge in [-0.25, -0.2) is 0 Å². The van der Waals surface area contributed by atoms with Crippen LogP contribution < -0.4 is 10.5 Å². The molecule has 2 aromatic rings. The van der Waals surface area contributed by atoms with Gasteiger partial charge in [0.1, 0.15) is 12.4 Å². The first-order chi connectivity index (χ1) is 9.70. The molecular formula is C17H16ClNO. The number of benzene rings is 2. The van der Waals surface area contributed by atoms with Gasteiger partial charge in [0, 0.05) is 16.1 Å². The maximum absolute atomic E-state index is 6.09. The van der Waals surface area contributed by atoms with Gasteiger partial charge in [-0.3, -0.25) is 0 Å². The highest BCUT2D eigenvalue weighted by molar-refractivity contribution is 6.31. The van der Waals surface area contributed by atoms with Crippen molar-refractivity contribution in [3.05, 3.63) is 64.2 Å². The monoisotopic (exact) mass is 285 g/mol. The molecule has 0 heterocycles. The van der Waals surface area contributed by atoms with Gasteiger partial charge in [0.05, 0.1) is 6.54 Å². The van der Waals surface area contributed by atoms with E-state index in [0.29, 0.717) is 13.2 Å². The van der Waals surface area contributed by atoms with Gasteiger partial charge in [-0.2, -0.15) is 0 Å². The summed E-state index contributed by atoms with van der Waals surface area (Å²) in [6, 6.07) is 13.5. The van der Waals surface area contributed by atoms with E-state index in [0.717, 1.165) is 27.5 Å². The van der Waals surface area contributed by atoms with Gasteiger partial charge in [-0.15, -0.1) is 0 Å². The zero-order valence-corrected chi connectivity index (χ0v) is 12.1. The van der Waals surface area contributed by atoms with Crippen LogP contribution in [0.25, 0.3) is 0 Å². The van der Waals surface area contributed by atoms with Gasteiger partial charge in [0.25, 0.3) is 0 Å². The second-order valence-corrected chi connectivity index (χ2v) is 4.77. The third kappa shape index (κ3) is 3.77. The first kappa shape index (κ1) is 14.5. The van der Waals surface area contributed by atoms with Crippen molar-refractivity contribution in [1.29, 1.82) is 0 Å². The van der Waals surface area contributed by atoms with Crippen LogP contribution in [0.4, 0.5) is 0 Å². The van der Waals surface area contributed by atoms with Crippen molar-refractivity contribution in [3.63, 3.8) is 0 Å². The molecule has 0 amide bonds. The fourth-order valence-electron chi connectivity index (χ4n) is 1.79. The average molecular weight is 286 g/mol. The van der Waals surface area contributed by atoms with Crippen molar-refractivity contribution in [2.45, 2.75) is 13.5 Å². The molecule has 0 fully saturated rings. The molecule has 20 heavy (non-hydrogen) atoms. The molecular weight excluding hydrogens is 270 g/mol. The maximum Gasteiger partial charge on any atom is 0.120 e. The van der Waals surface area contributed by atoms with Gasteiger partial charge >= 0.3 is 0 Å². The van der Waals surface area contributed by atoms with E-state index < -0.39 is 0 Å². The minimum Gasteiger partial charge on any atom is -0.489 e. The Labute approximate surface area is 124 Å². The summed E-state index contributed by atoms with van der Waals surface area (Å²) in [4.78, 5) is 0. The summed E-state index contributed by atoms with van der Waals surface area (Å²) in [5.41, 5.74) is 8.39. The SMILES string of the molecule is Cc1cc(OCc2ccccc2Cl)ccc1C#CCN. The molecule has 0 unspecified atom stereocenters.